The number of methoxy groups -OCH3 is 2. The molecule has 0 aromatic heterocycles. The first-order valence-electron chi connectivity index (χ1n) is 4.80. The highest BCUT2D eigenvalue weighted by atomic mass is 79.9. The molecule has 100 valence electrons. The molecule has 0 saturated carbocycles. The lowest BCUT2D eigenvalue weighted by Crippen LogP contribution is -2.16. The van der Waals surface area contributed by atoms with Gasteiger partial charge in [0, 0.05) is 10.5 Å². The zero-order valence-electron chi connectivity index (χ0n) is 9.60. The van der Waals surface area contributed by atoms with Gasteiger partial charge in [0.25, 0.3) is 0 Å². The Morgan fingerprint density at radius 2 is 1.89 bits per heavy atom. The molecule has 0 atom stereocenters. The maximum absolute atomic E-state index is 12.2. The molecule has 0 saturated heterocycles. The van der Waals surface area contributed by atoms with Gasteiger partial charge in [-0.25, -0.2) is 0 Å². The molecule has 0 bridgehead atoms. The van der Waals surface area contributed by atoms with Crippen LogP contribution in [0.3, 0.4) is 0 Å². The first-order valence-corrected chi connectivity index (χ1v) is 5.59. The van der Waals surface area contributed by atoms with Gasteiger partial charge in [-0.15, -0.1) is 0 Å². The van der Waals surface area contributed by atoms with Crippen molar-refractivity contribution in [2.75, 3.05) is 14.2 Å². The van der Waals surface area contributed by atoms with Crippen molar-refractivity contribution in [3.8, 4) is 11.5 Å². The van der Waals surface area contributed by atoms with E-state index in [1.165, 1.54) is 26.4 Å². The Balaban J connectivity index is 3.19. The second kappa shape index (κ2) is 5.60. The third kappa shape index (κ3) is 3.63. The van der Waals surface area contributed by atoms with E-state index in [2.05, 4.69) is 15.9 Å². The number of benzene rings is 1. The van der Waals surface area contributed by atoms with Gasteiger partial charge in [0.05, 0.1) is 19.8 Å². The van der Waals surface area contributed by atoms with E-state index in [4.69, 9.17) is 9.47 Å². The van der Waals surface area contributed by atoms with Crippen molar-refractivity contribution in [1.29, 1.82) is 0 Å². The number of carbonyl (C=O) groups excluding carboxylic acids is 1. The number of rotatable bonds is 4. The topological polar surface area (TPSA) is 35.5 Å². The van der Waals surface area contributed by atoms with Crippen LogP contribution in [0.15, 0.2) is 16.6 Å². The molecular formula is C11H10BrF3O3. The summed E-state index contributed by atoms with van der Waals surface area (Å²) >= 11 is 3.04. The number of carbonyl (C=O) groups is 1. The van der Waals surface area contributed by atoms with E-state index >= 15 is 0 Å². The van der Waals surface area contributed by atoms with Crippen molar-refractivity contribution < 1.29 is 27.4 Å². The standard InChI is InChI=1S/C11H10BrF3O3/c1-17-6-3-7(12)10(9(4-6)18-2)8(16)5-11(13,14)15/h3-4H,5H2,1-2H3. The molecular weight excluding hydrogens is 317 g/mol. The van der Waals surface area contributed by atoms with Gasteiger partial charge < -0.3 is 9.47 Å². The molecule has 0 unspecified atom stereocenters. The maximum Gasteiger partial charge on any atom is 0.396 e. The molecule has 0 aliphatic heterocycles. The van der Waals surface area contributed by atoms with Gasteiger partial charge in [-0.1, -0.05) is 0 Å². The molecule has 0 amide bonds. The Bertz CT molecular complexity index is 458. The molecule has 0 spiro atoms. The fourth-order valence-corrected chi connectivity index (χ4v) is 2.02. The predicted octanol–water partition coefficient (Wildman–Crippen LogP) is 3.60. The molecule has 3 nitrogen and oxygen atoms in total. The Morgan fingerprint density at radius 3 is 2.33 bits per heavy atom. The van der Waals surface area contributed by atoms with Crippen LogP contribution in [0.25, 0.3) is 0 Å². The van der Waals surface area contributed by atoms with E-state index in [9.17, 15) is 18.0 Å². The summed E-state index contributed by atoms with van der Waals surface area (Å²) in [7, 11) is 2.67. The zero-order valence-corrected chi connectivity index (χ0v) is 11.2. The number of hydrogen-bond donors (Lipinski definition) is 0. The summed E-state index contributed by atoms with van der Waals surface area (Å²) in [4.78, 5) is 11.6. The average Bonchev–Trinajstić information content (AvgIpc) is 2.24. The van der Waals surface area contributed by atoms with Crippen LogP contribution in [0.1, 0.15) is 16.8 Å². The van der Waals surface area contributed by atoms with Crippen molar-refractivity contribution in [1.82, 2.24) is 0 Å². The summed E-state index contributed by atoms with van der Waals surface area (Å²) in [5.41, 5.74) is -0.143. The van der Waals surface area contributed by atoms with Crippen LogP contribution in [0.4, 0.5) is 13.2 Å². The Morgan fingerprint density at radius 1 is 1.28 bits per heavy atom. The van der Waals surface area contributed by atoms with E-state index < -0.39 is 18.4 Å². The molecule has 0 fully saturated rings. The van der Waals surface area contributed by atoms with Crippen molar-refractivity contribution in [2.24, 2.45) is 0 Å². The maximum atomic E-state index is 12.2. The Labute approximate surface area is 110 Å². The molecule has 1 aromatic rings. The summed E-state index contributed by atoms with van der Waals surface area (Å²) in [6.45, 7) is 0. The normalized spacial score (nSPS) is 11.2. The lowest BCUT2D eigenvalue weighted by molar-refractivity contribution is -0.125. The van der Waals surface area contributed by atoms with Crippen molar-refractivity contribution in [3.05, 3.63) is 22.2 Å². The molecule has 0 aliphatic rings. The second-order valence-corrected chi connectivity index (χ2v) is 4.26. The first kappa shape index (κ1) is 14.8. The predicted molar refractivity (Wildman–Crippen MR) is 62.2 cm³/mol. The van der Waals surface area contributed by atoms with Crippen LogP contribution >= 0.6 is 15.9 Å². The molecule has 7 heteroatoms. The fraction of sp³-hybridized carbons (Fsp3) is 0.364. The quantitative estimate of drug-likeness (QED) is 0.793. The highest BCUT2D eigenvalue weighted by molar-refractivity contribution is 9.10. The summed E-state index contributed by atoms with van der Waals surface area (Å²) in [6.07, 6.45) is -6.09. The van der Waals surface area contributed by atoms with Gasteiger partial charge in [0.1, 0.15) is 17.9 Å². The summed E-state index contributed by atoms with van der Waals surface area (Å²) in [5.74, 6) is -0.647. The fourth-order valence-electron chi connectivity index (χ4n) is 1.38. The molecule has 0 heterocycles. The zero-order chi connectivity index (χ0) is 13.9. The van der Waals surface area contributed by atoms with Crippen LogP contribution in [-0.4, -0.2) is 26.2 Å². The minimum atomic E-state index is -4.55. The first-order chi connectivity index (χ1) is 8.28. The van der Waals surface area contributed by atoms with E-state index in [0.29, 0.717) is 5.75 Å². The van der Waals surface area contributed by atoms with Crippen molar-refractivity contribution >= 4 is 21.7 Å². The third-order valence-electron chi connectivity index (χ3n) is 2.12. The lowest BCUT2D eigenvalue weighted by Gasteiger charge is -2.13. The number of ether oxygens (including phenoxy) is 2. The van der Waals surface area contributed by atoms with Gasteiger partial charge >= 0.3 is 6.18 Å². The van der Waals surface area contributed by atoms with Gasteiger partial charge in [-0.2, -0.15) is 13.2 Å². The van der Waals surface area contributed by atoms with Gasteiger partial charge in [0.2, 0.25) is 0 Å². The second-order valence-electron chi connectivity index (χ2n) is 3.40. The van der Waals surface area contributed by atoms with E-state index in [1.54, 1.807) is 0 Å². The molecule has 18 heavy (non-hydrogen) atoms. The van der Waals surface area contributed by atoms with Crippen LogP contribution in [-0.2, 0) is 0 Å². The number of alkyl halides is 3. The highest BCUT2D eigenvalue weighted by Gasteiger charge is 2.33. The Kier molecular flexibility index (Phi) is 4.61. The number of halogens is 4. The number of ketones is 1. The van der Waals surface area contributed by atoms with Crippen molar-refractivity contribution in [3.63, 3.8) is 0 Å². The van der Waals surface area contributed by atoms with E-state index in [-0.39, 0.29) is 15.8 Å². The third-order valence-corrected chi connectivity index (χ3v) is 2.75. The minimum absolute atomic E-state index is 0.0375. The summed E-state index contributed by atoms with van der Waals surface area (Å²) < 4.78 is 46.6. The molecule has 0 radical (unpaired) electrons. The van der Waals surface area contributed by atoms with E-state index in [1.807, 2.05) is 0 Å². The van der Waals surface area contributed by atoms with Crippen LogP contribution < -0.4 is 9.47 Å². The average molecular weight is 327 g/mol. The summed E-state index contributed by atoms with van der Waals surface area (Å²) in [5, 5.41) is 0. The lowest BCUT2D eigenvalue weighted by atomic mass is 10.1. The number of hydrogen-bond acceptors (Lipinski definition) is 3. The minimum Gasteiger partial charge on any atom is -0.497 e. The Hall–Kier alpha value is -1.24. The largest absolute Gasteiger partial charge is 0.497 e. The van der Waals surface area contributed by atoms with Crippen LogP contribution in [0.2, 0.25) is 0 Å². The SMILES string of the molecule is COc1cc(Br)c(C(=O)CC(F)(F)F)c(OC)c1. The smallest absolute Gasteiger partial charge is 0.396 e. The molecule has 1 rings (SSSR count). The molecule has 0 N–H and O–H groups in total. The highest BCUT2D eigenvalue weighted by Crippen LogP contribution is 2.35. The van der Waals surface area contributed by atoms with Gasteiger partial charge in [-0.3, -0.25) is 4.79 Å². The van der Waals surface area contributed by atoms with Gasteiger partial charge in [-0.05, 0) is 22.0 Å². The summed E-state index contributed by atoms with van der Waals surface area (Å²) in [6, 6.07) is 2.76. The molecule has 1 aromatic carbocycles. The van der Waals surface area contributed by atoms with Gasteiger partial charge in [0.15, 0.2) is 5.78 Å². The monoisotopic (exact) mass is 326 g/mol. The van der Waals surface area contributed by atoms with Crippen molar-refractivity contribution in [2.45, 2.75) is 12.6 Å². The van der Waals surface area contributed by atoms with Crippen LogP contribution in [0.5, 0.6) is 11.5 Å². The molecule has 0 aliphatic carbocycles. The van der Waals surface area contributed by atoms with Crippen LogP contribution in [0, 0.1) is 0 Å². The van der Waals surface area contributed by atoms with E-state index in [0.717, 1.165) is 0 Å². The number of Topliss-reactive ketones (excluding diaryl/α,β-unsaturated/α-hetero) is 1.